The van der Waals surface area contributed by atoms with Gasteiger partial charge in [-0.15, -0.1) is 0 Å². The van der Waals surface area contributed by atoms with Crippen molar-refractivity contribution in [1.29, 1.82) is 0 Å². The summed E-state index contributed by atoms with van der Waals surface area (Å²) in [6.45, 7) is 0.0588. The molecule has 1 aromatic rings. The number of carbonyl (C=O) groups excluding carboxylic acids is 3. The van der Waals surface area contributed by atoms with Crippen molar-refractivity contribution in [3.63, 3.8) is 0 Å². The molecule has 1 aliphatic carbocycles. The number of rotatable bonds is 7. The number of methoxy groups -OCH3 is 2. The van der Waals surface area contributed by atoms with Crippen molar-refractivity contribution in [1.82, 2.24) is 4.90 Å². The number of halogens is 1. The number of nitrogens with zero attached hydrogens (tertiary/aromatic N) is 2. The Hall–Kier alpha value is -2.32. The molecule has 0 radical (unpaired) electrons. The van der Waals surface area contributed by atoms with Crippen LogP contribution in [0.4, 0.5) is 10.1 Å². The quantitative estimate of drug-likeness (QED) is 0.539. The lowest BCUT2D eigenvalue weighted by atomic mass is 10.1. The maximum atomic E-state index is 13.1. The predicted octanol–water partition coefficient (Wildman–Crippen LogP) is 1.32. The fraction of sp³-hybridized carbons (Fsp3) is 0.500. The molecule has 1 aliphatic heterocycles. The van der Waals surface area contributed by atoms with Crippen molar-refractivity contribution in [2.75, 3.05) is 25.7 Å². The van der Waals surface area contributed by atoms with Gasteiger partial charge in [-0.1, -0.05) is 0 Å². The Morgan fingerprint density at radius 3 is 2.38 bits per heavy atom. The summed E-state index contributed by atoms with van der Waals surface area (Å²) in [6, 6.07) is 4.19. The highest BCUT2D eigenvalue weighted by atomic mass is 19.1. The molecule has 2 aliphatic rings. The van der Waals surface area contributed by atoms with E-state index in [0.717, 1.165) is 17.7 Å². The summed E-state index contributed by atoms with van der Waals surface area (Å²) in [6.07, 6.45) is 0.738. The molecule has 7 nitrogen and oxygen atoms in total. The minimum Gasteiger partial charge on any atom is -0.354 e. The Bertz CT molecular complexity index is 700. The lowest BCUT2D eigenvalue weighted by molar-refractivity contribution is -0.153. The second-order valence-corrected chi connectivity index (χ2v) is 6.43. The lowest BCUT2D eigenvalue weighted by Crippen LogP contribution is -2.49. The van der Waals surface area contributed by atoms with Gasteiger partial charge >= 0.3 is 0 Å². The van der Waals surface area contributed by atoms with Gasteiger partial charge in [0.25, 0.3) is 5.91 Å². The minimum absolute atomic E-state index is 0.0588. The first-order chi connectivity index (χ1) is 12.5. The fourth-order valence-corrected chi connectivity index (χ4v) is 3.06. The topological polar surface area (TPSA) is 76.2 Å². The van der Waals surface area contributed by atoms with E-state index in [4.69, 9.17) is 9.47 Å². The maximum absolute atomic E-state index is 13.1. The molecule has 1 unspecified atom stereocenters. The van der Waals surface area contributed by atoms with Crippen LogP contribution in [0.2, 0.25) is 0 Å². The van der Waals surface area contributed by atoms with Gasteiger partial charge in [0, 0.05) is 20.1 Å². The third kappa shape index (κ3) is 3.61. The first-order valence-electron chi connectivity index (χ1n) is 8.44. The van der Waals surface area contributed by atoms with Gasteiger partial charge < -0.3 is 14.4 Å². The summed E-state index contributed by atoms with van der Waals surface area (Å²) in [7, 11) is 2.89. The highest BCUT2D eigenvalue weighted by molar-refractivity contribution is 6.23. The van der Waals surface area contributed by atoms with Crippen LogP contribution in [0, 0.1) is 11.7 Å². The molecular weight excluding hydrogens is 343 g/mol. The van der Waals surface area contributed by atoms with E-state index >= 15 is 0 Å². The zero-order valence-electron chi connectivity index (χ0n) is 14.7. The van der Waals surface area contributed by atoms with Gasteiger partial charge in [-0.2, -0.15) is 0 Å². The smallest absolute Gasteiger partial charge is 0.257 e. The van der Waals surface area contributed by atoms with Crippen LogP contribution in [0.3, 0.4) is 0 Å². The third-order valence-electron chi connectivity index (χ3n) is 4.67. The standard InChI is InChI=1S/C18H21FN2O5/c1-25-16(26-2)10-20(17(23)11-3-4-11)14-9-15(22)21(18(14)24)13-7-5-12(19)6-8-13/h5-8,11,14,16H,3-4,9-10H2,1-2H3. The van der Waals surface area contributed by atoms with E-state index in [1.807, 2.05) is 0 Å². The molecule has 1 aromatic carbocycles. The number of hydrogen-bond donors (Lipinski definition) is 0. The molecule has 0 bridgehead atoms. The third-order valence-corrected chi connectivity index (χ3v) is 4.67. The highest BCUT2D eigenvalue weighted by Gasteiger charge is 2.47. The van der Waals surface area contributed by atoms with Crippen LogP contribution in [0.5, 0.6) is 0 Å². The van der Waals surface area contributed by atoms with Crippen LogP contribution >= 0.6 is 0 Å². The van der Waals surface area contributed by atoms with Gasteiger partial charge in [-0.25, -0.2) is 9.29 Å². The average molecular weight is 364 g/mol. The molecule has 0 aromatic heterocycles. The Morgan fingerprint density at radius 2 is 1.85 bits per heavy atom. The first kappa shape index (κ1) is 18.5. The Balaban J connectivity index is 1.84. The van der Waals surface area contributed by atoms with E-state index in [0.29, 0.717) is 0 Å². The van der Waals surface area contributed by atoms with Crippen molar-refractivity contribution >= 4 is 23.4 Å². The van der Waals surface area contributed by atoms with Crippen molar-refractivity contribution in [3.05, 3.63) is 30.1 Å². The normalized spacial score (nSPS) is 20.2. The van der Waals surface area contributed by atoms with Crippen LogP contribution in [0.15, 0.2) is 24.3 Å². The molecule has 1 saturated heterocycles. The molecule has 1 atom stereocenters. The Labute approximate surface area is 150 Å². The van der Waals surface area contributed by atoms with Crippen molar-refractivity contribution < 1.29 is 28.2 Å². The van der Waals surface area contributed by atoms with Crippen molar-refractivity contribution in [2.24, 2.45) is 5.92 Å². The minimum atomic E-state index is -0.909. The van der Waals surface area contributed by atoms with E-state index in [1.165, 1.54) is 43.4 Å². The van der Waals surface area contributed by atoms with E-state index < -0.39 is 30.0 Å². The van der Waals surface area contributed by atoms with Gasteiger partial charge in [-0.3, -0.25) is 14.4 Å². The van der Waals surface area contributed by atoms with E-state index in [2.05, 4.69) is 0 Å². The largest absolute Gasteiger partial charge is 0.354 e. The molecule has 1 heterocycles. The monoisotopic (exact) mass is 364 g/mol. The summed E-state index contributed by atoms with van der Waals surface area (Å²) in [5.74, 6) is -1.67. The zero-order valence-corrected chi connectivity index (χ0v) is 14.7. The second kappa shape index (κ2) is 7.51. The number of anilines is 1. The van der Waals surface area contributed by atoms with Gasteiger partial charge in [-0.05, 0) is 37.1 Å². The van der Waals surface area contributed by atoms with Crippen LogP contribution in [0.1, 0.15) is 19.3 Å². The van der Waals surface area contributed by atoms with Crippen molar-refractivity contribution in [3.8, 4) is 0 Å². The maximum Gasteiger partial charge on any atom is 0.257 e. The summed E-state index contributed by atoms with van der Waals surface area (Å²) in [5.41, 5.74) is 0.290. The summed E-state index contributed by atoms with van der Waals surface area (Å²) in [5, 5.41) is 0. The Morgan fingerprint density at radius 1 is 1.23 bits per heavy atom. The van der Waals surface area contributed by atoms with E-state index in [1.54, 1.807) is 0 Å². The summed E-state index contributed by atoms with van der Waals surface area (Å²) >= 11 is 0. The van der Waals surface area contributed by atoms with Gasteiger partial charge in [0.15, 0.2) is 6.29 Å². The molecule has 26 heavy (non-hydrogen) atoms. The molecule has 3 rings (SSSR count). The highest BCUT2D eigenvalue weighted by Crippen LogP contribution is 2.34. The molecule has 8 heteroatoms. The molecule has 1 saturated carbocycles. The SMILES string of the molecule is COC(CN(C(=O)C1CC1)C1CC(=O)N(c2ccc(F)cc2)C1=O)OC. The number of imide groups is 1. The first-order valence-corrected chi connectivity index (χ1v) is 8.44. The number of benzene rings is 1. The molecule has 140 valence electrons. The van der Waals surface area contributed by atoms with E-state index in [-0.39, 0.29) is 30.5 Å². The van der Waals surface area contributed by atoms with Gasteiger partial charge in [0.1, 0.15) is 11.9 Å². The van der Waals surface area contributed by atoms with Gasteiger partial charge in [0.2, 0.25) is 11.8 Å². The van der Waals surface area contributed by atoms with Crippen LogP contribution < -0.4 is 4.90 Å². The number of hydrogen-bond acceptors (Lipinski definition) is 5. The fourth-order valence-electron chi connectivity index (χ4n) is 3.06. The van der Waals surface area contributed by atoms with Crippen LogP contribution in [-0.2, 0) is 23.9 Å². The van der Waals surface area contributed by atoms with Gasteiger partial charge in [0.05, 0.1) is 18.7 Å². The molecule has 0 N–H and O–H groups in total. The number of ether oxygens (including phenoxy) is 2. The molecule has 2 fully saturated rings. The predicted molar refractivity (Wildman–Crippen MR) is 89.5 cm³/mol. The number of amides is 3. The second-order valence-electron chi connectivity index (χ2n) is 6.43. The number of carbonyl (C=O) groups is 3. The summed E-state index contributed by atoms with van der Waals surface area (Å²) < 4.78 is 23.4. The lowest BCUT2D eigenvalue weighted by Gasteiger charge is -2.30. The Kier molecular flexibility index (Phi) is 5.33. The van der Waals surface area contributed by atoms with E-state index in [9.17, 15) is 18.8 Å². The van der Waals surface area contributed by atoms with Crippen LogP contribution in [-0.4, -0.2) is 55.7 Å². The molecular formula is C18H21FN2O5. The molecule has 3 amide bonds. The van der Waals surface area contributed by atoms with Crippen molar-refractivity contribution in [2.45, 2.75) is 31.6 Å². The van der Waals surface area contributed by atoms with Crippen LogP contribution in [0.25, 0.3) is 0 Å². The zero-order chi connectivity index (χ0) is 18.8. The molecule has 0 spiro atoms. The average Bonchev–Trinajstić information content (AvgIpc) is 3.43. The summed E-state index contributed by atoms with van der Waals surface area (Å²) in [4.78, 5) is 40.4.